The molecule has 1 unspecified atom stereocenters. The summed E-state index contributed by atoms with van der Waals surface area (Å²) in [7, 11) is 1.87. The molecule has 0 spiro atoms. The summed E-state index contributed by atoms with van der Waals surface area (Å²) in [4.78, 5) is 19.9. The van der Waals surface area contributed by atoms with Gasteiger partial charge in [-0.05, 0) is 24.6 Å². The number of hydrogen-bond acceptors (Lipinski definition) is 4. The lowest BCUT2D eigenvalue weighted by molar-refractivity contribution is -0.124. The number of carbonyl (C=O) groups is 1. The summed E-state index contributed by atoms with van der Waals surface area (Å²) in [5, 5.41) is 0.903. The second kappa shape index (κ2) is 7.20. The fourth-order valence-corrected chi connectivity index (χ4v) is 3.45. The van der Waals surface area contributed by atoms with Gasteiger partial charge in [0.05, 0.1) is 12.2 Å². The average molecular weight is 364 g/mol. The summed E-state index contributed by atoms with van der Waals surface area (Å²) < 4.78 is 13.1. The minimum atomic E-state index is -0.310. The van der Waals surface area contributed by atoms with Gasteiger partial charge in [-0.2, -0.15) is 4.39 Å². The van der Waals surface area contributed by atoms with Gasteiger partial charge in [0.15, 0.2) is 10.3 Å². The monoisotopic (exact) mass is 363 g/mol. The van der Waals surface area contributed by atoms with Crippen LogP contribution in [0.2, 0.25) is 5.02 Å². The highest BCUT2D eigenvalue weighted by molar-refractivity contribution is 7.14. The summed E-state index contributed by atoms with van der Waals surface area (Å²) in [5.41, 5.74) is 0.710. The standard InChI is InChI=1S/C17H15ClFN3OS/c1-21(17-20-10-15(19)24-17)14-7-8-22(11-14)16(23)6-5-12-3-2-4-13(18)9-12/h2-4,9-10,14H,7-8,11H2,1H3. The van der Waals surface area contributed by atoms with Gasteiger partial charge in [0.2, 0.25) is 0 Å². The molecule has 2 aromatic rings. The zero-order valence-electron chi connectivity index (χ0n) is 13.0. The Morgan fingerprint density at radius 3 is 3.08 bits per heavy atom. The number of halogens is 2. The van der Waals surface area contributed by atoms with E-state index in [0.29, 0.717) is 28.8 Å². The van der Waals surface area contributed by atoms with Gasteiger partial charge in [0.1, 0.15) is 0 Å². The van der Waals surface area contributed by atoms with Crippen LogP contribution in [-0.4, -0.2) is 42.0 Å². The molecule has 0 aliphatic carbocycles. The van der Waals surface area contributed by atoms with Gasteiger partial charge in [-0.1, -0.05) is 34.9 Å². The van der Waals surface area contributed by atoms with Gasteiger partial charge in [-0.15, -0.1) is 0 Å². The molecule has 124 valence electrons. The van der Waals surface area contributed by atoms with E-state index < -0.39 is 0 Å². The number of carbonyl (C=O) groups excluding carboxylic acids is 1. The SMILES string of the molecule is CN(c1ncc(F)s1)C1CCN(C(=O)C#Cc2cccc(Cl)c2)C1. The number of hydrogen-bond donors (Lipinski definition) is 0. The van der Waals surface area contributed by atoms with Crippen LogP contribution in [0.25, 0.3) is 0 Å². The maximum atomic E-state index is 13.1. The summed E-state index contributed by atoms with van der Waals surface area (Å²) in [6, 6.07) is 7.21. The van der Waals surface area contributed by atoms with Crippen LogP contribution in [0.3, 0.4) is 0 Å². The molecule has 2 heterocycles. The van der Waals surface area contributed by atoms with Crippen molar-refractivity contribution < 1.29 is 9.18 Å². The van der Waals surface area contributed by atoms with E-state index in [4.69, 9.17) is 11.6 Å². The zero-order chi connectivity index (χ0) is 17.1. The van der Waals surface area contributed by atoms with Crippen LogP contribution in [-0.2, 0) is 4.79 Å². The minimum absolute atomic E-state index is 0.118. The van der Waals surface area contributed by atoms with Crippen LogP contribution in [0.15, 0.2) is 30.5 Å². The Bertz CT molecular complexity index is 813. The molecule has 1 amide bonds. The lowest BCUT2D eigenvalue weighted by Crippen LogP contribution is -2.36. The first-order valence-corrected chi connectivity index (χ1v) is 8.63. The Labute approximate surface area is 148 Å². The van der Waals surface area contributed by atoms with E-state index in [9.17, 15) is 9.18 Å². The molecular formula is C17H15ClFN3OS. The number of amides is 1. The molecule has 0 bridgehead atoms. The van der Waals surface area contributed by atoms with Gasteiger partial charge in [-0.25, -0.2) is 4.98 Å². The fraction of sp³-hybridized carbons (Fsp3) is 0.294. The first kappa shape index (κ1) is 16.7. The van der Waals surface area contributed by atoms with Crippen LogP contribution in [0.1, 0.15) is 12.0 Å². The van der Waals surface area contributed by atoms with Gasteiger partial charge in [0.25, 0.3) is 5.91 Å². The Kier molecular flexibility index (Phi) is 5.03. The molecule has 3 rings (SSSR count). The van der Waals surface area contributed by atoms with Gasteiger partial charge in [0, 0.05) is 36.6 Å². The second-order valence-electron chi connectivity index (χ2n) is 5.51. The minimum Gasteiger partial charge on any atom is -0.346 e. The number of nitrogens with zero attached hydrogens (tertiary/aromatic N) is 3. The fourth-order valence-electron chi connectivity index (χ4n) is 2.58. The van der Waals surface area contributed by atoms with Crippen molar-refractivity contribution in [2.24, 2.45) is 0 Å². The van der Waals surface area contributed by atoms with Crippen molar-refractivity contribution in [3.8, 4) is 11.8 Å². The summed E-state index contributed by atoms with van der Waals surface area (Å²) in [6.07, 6.45) is 2.02. The number of rotatable bonds is 2. The first-order valence-electron chi connectivity index (χ1n) is 7.43. The molecule has 1 fully saturated rings. The Balaban J connectivity index is 1.62. The molecule has 0 saturated carbocycles. The summed E-state index contributed by atoms with van der Waals surface area (Å²) in [5.74, 6) is 5.29. The van der Waals surface area contributed by atoms with Crippen molar-refractivity contribution in [1.29, 1.82) is 0 Å². The number of thiazole rings is 1. The molecule has 1 aromatic heterocycles. The van der Waals surface area contributed by atoms with Crippen molar-refractivity contribution in [2.75, 3.05) is 25.0 Å². The topological polar surface area (TPSA) is 36.4 Å². The average Bonchev–Trinajstić information content (AvgIpc) is 3.21. The van der Waals surface area contributed by atoms with E-state index in [1.54, 1.807) is 23.1 Å². The second-order valence-corrected chi connectivity index (χ2v) is 6.91. The molecule has 1 aliphatic rings. The highest BCUT2D eigenvalue weighted by Crippen LogP contribution is 2.25. The van der Waals surface area contributed by atoms with Crippen molar-refractivity contribution in [3.63, 3.8) is 0 Å². The lowest BCUT2D eigenvalue weighted by atomic mass is 10.2. The molecule has 4 nitrogen and oxygen atoms in total. The van der Waals surface area contributed by atoms with Crippen LogP contribution in [0, 0.1) is 17.0 Å². The van der Waals surface area contributed by atoms with Crippen molar-refractivity contribution in [3.05, 3.63) is 46.2 Å². The van der Waals surface area contributed by atoms with Crippen LogP contribution < -0.4 is 4.90 Å². The van der Waals surface area contributed by atoms with E-state index in [-0.39, 0.29) is 17.1 Å². The van der Waals surface area contributed by atoms with Gasteiger partial charge < -0.3 is 9.80 Å². The van der Waals surface area contributed by atoms with E-state index in [0.717, 1.165) is 17.8 Å². The normalized spacial score (nSPS) is 16.6. The third kappa shape index (κ3) is 3.86. The van der Waals surface area contributed by atoms with E-state index in [1.165, 1.54) is 6.20 Å². The molecule has 7 heteroatoms. The maximum Gasteiger partial charge on any atom is 0.298 e. The Morgan fingerprint density at radius 2 is 2.38 bits per heavy atom. The quantitative estimate of drug-likeness (QED) is 0.769. The van der Waals surface area contributed by atoms with E-state index >= 15 is 0 Å². The maximum absolute atomic E-state index is 13.1. The van der Waals surface area contributed by atoms with E-state index in [2.05, 4.69) is 16.8 Å². The zero-order valence-corrected chi connectivity index (χ0v) is 14.6. The smallest absolute Gasteiger partial charge is 0.298 e. The summed E-state index contributed by atoms with van der Waals surface area (Å²) in [6.45, 7) is 1.19. The first-order chi connectivity index (χ1) is 11.5. The molecular weight excluding hydrogens is 349 g/mol. The third-order valence-corrected chi connectivity index (χ3v) is 5.02. The highest BCUT2D eigenvalue weighted by atomic mass is 35.5. The summed E-state index contributed by atoms with van der Waals surface area (Å²) >= 11 is 6.91. The lowest BCUT2D eigenvalue weighted by Gasteiger charge is -2.23. The molecule has 1 aliphatic heterocycles. The van der Waals surface area contributed by atoms with Gasteiger partial charge in [-0.3, -0.25) is 4.79 Å². The molecule has 1 saturated heterocycles. The predicted molar refractivity (Wildman–Crippen MR) is 93.8 cm³/mol. The van der Waals surface area contributed by atoms with Crippen molar-refractivity contribution >= 4 is 34.0 Å². The number of likely N-dealkylation sites (tertiary alicyclic amines) is 1. The molecule has 0 N–H and O–H groups in total. The molecule has 24 heavy (non-hydrogen) atoms. The van der Waals surface area contributed by atoms with Crippen LogP contribution >= 0.6 is 22.9 Å². The predicted octanol–water partition coefficient (Wildman–Crippen LogP) is 3.02. The Morgan fingerprint density at radius 1 is 1.54 bits per heavy atom. The van der Waals surface area contributed by atoms with Crippen molar-refractivity contribution in [2.45, 2.75) is 12.5 Å². The van der Waals surface area contributed by atoms with Crippen LogP contribution in [0.4, 0.5) is 9.52 Å². The highest BCUT2D eigenvalue weighted by Gasteiger charge is 2.29. The number of aromatic nitrogens is 1. The number of anilines is 1. The van der Waals surface area contributed by atoms with Crippen molar-refractivity contribution in [1.82, 2.24) is 9.88 Å². The number of benzene rings is 1. The number of likely N-dealkylation sites (N-methyl/N-ethyl adjacent to an activating group) is 1. The molecule has 1 aromatic carbocycles. The largest absolute Gasteiger partial charge is 0.346 e. The van der Waals surface area contributed by atoms with E-state index in [1.807, 2.05) is 18.0 Å². The Hall–Kier alpha value is -2.10. The third-order valence-electron chi connectivity index (χ3n) is 3.90. The molecule has 1 atom stereocenters. The van der Waals surface area contributed by atoms with Crippen LogP contribution in [0.5, 0.6) is 0 Å². The molecule has 0 radical (unpaired) electrons. The van der Waals surface area contributed by atoms with Gasteiger partial charge >= 0.3 is 0 Å².